The fourth-order valence-electron chi connectivity index (χ4n) is 3.34. The molecule has 0 bridgehead atoms. The number of amides is 1. The van der Waals surface area contributed by atoms with Crippen LogP contribution in [0.3, 0.4) is 0 Å². The van der Waals surface area contributed by atoms with Crippen LogP contribution in [0, 0.1) is 0 Å². The summed E-state index contributed by atoms with van der Waals surface area (Å²) in [4.78, 5) is 22.8. The molecule has 1 aliphatic rings. The minimum atomic E-state index is -4.39. The zero-order chi connectivity index (χ0) is 22.0. The number of hydrogen-bond donors (Lipinski definition) is 0. The SMILES string of the molecule is CC(=O)N(c1ccc(Oc2ccc(C(F)(F)F)cc2)cc1)c1ccnc(C2CCC2)n1. The van der Waals surface area contributed by atoms with E-state index in [1.807, 2.05) is 0 Å². The number of benzene rings is 2. The van der Waals surface area contributed by atoms with Gasteiger partial charge in [-0.1, -0.05) is 6.42 Å². The summed E-state index contributed by atoms with van der Waals surface area (Å²) in [5.41, 5.74) is -0.135. The van der Waals surface area contributed by atoms with Crippen LogP contribution in [0.25, 0.3) is 0 Å². The Hall–Kier alpha value is -3.42. The molecule has 1 heterocycles. The van der Waals surface area contributed by atoms with E-state index in [0.29, 0.717) is 23.2 Å². The van der Waals surface area contributed by atoms with Crippen molar-refractivity contribution in [2.75, 3.05) is 4.90 Å². The first-order valence-electron chi connectivity index (χ1n) is 9.90. The molecule has 3 aromatic rings. The van der Waals surface area contributed by atoms with Gasteiger partial charge >= 0.3 is 6.18 Å². The Morgan fingerprint density at radius 1 is 1.00 bits per heavy atom. The highest BCUT2D eigenvalue weighted by molar-refractivity contribution is 5.98. The van der Waals surface area contributed by atoms with Gasteiger partial charge in [-0.3, -0.25) is 9.69 Å². The molecule has 0 spiro atoms. The lowest BCUT2D eigenvalue weighted by molar-refractivity contribution is -0.137. The highest BCUT2D eigenvalue weighted by Gasteiger charge is 2.30. The van der Waals surface area contributed by atoms with E-state index in [4.69, 9.17) is 4.74 Å². The molecule has 1 aromatic heterocycles. The Bertz CT molecular complexity index is 1060. The van der Waals surface area contributed by atoms with E-state index in [-0.39, 0.29) is 11.7 Å². The average Bonchev–Trinajstić information content (AvgIpc) is 2.68. The van der Waals surface area contributed by atoms with Crippen molar-refractivity contribution in [3.63, 3.8) is 0 Å². The number of carbonyl (C=O) groups is 1. The van der Waals surface area contributed by atoms with Gasteiger partial charge in [-0.05, 0) is 67.4 Å². The third kappa shape index (κ3) is 4.68. The molecule has 1 saturated carbocycles. The van der Waals surface area contributed by atoms with E-state index in [2.05, 4.69) is 9.97 Å². The van der Waals surface area contributed by atoms with Crippen LogP contribution in [0.1, 0.15) is 43.5 Å². The lowest BCUT2D eigenvalue weighted by Crippen LogP contribution is -2.25. The highest BCUT2D eigenvalue weighted by Crippen LogP contribution is 2.36. The number of rotatable bonds is 5. The molecule has 0 saturated heterocycles. The zero-order valence-corrected chi connectivity index (χ0v) is 16.8. The fraction of sp³-hybridized carbons (Fsp3) is 0.261. The van der Waals surface area contributed by atoms with Crippen LogP contribution in [0.2, 0.25) is 0 Å². The van der Waals surface area contributed by atoms with Gasteiger partial charge < -0.3 is 4.74 Å². The molecule has 4 rings (SSSR count). The Morgan fingerprint density at radius 3 is 2.13 bits per heavy atom. The molecule has 160 valence electrons. The van der Waals surface area contributed by atoms with Crippen molar-refractivity contribution in [3.8, 4) is 11.5 Å². The Balaban J connectivity index is 1.52. The van der Waals surface area contributed by atoms with Gasteiger partial charge in [-0.25, -0.2) is 9.97 Å². The first kappa shape index (κ1) is 20.8. The van der Waals surface area contributed by atoms with E-state index in [9.17, 15) is 18.0 Å². The van der Waals surface area contributed by atoms with Crippen LogP contribution in [-0.4, -0.2) is 15.9 Å². The second-order valence-corrected chi connectivity index (χ2v) is 7.37. The second-order valence-electron chi connectivity index (χ2n) is 7.37. The van der Waals surface area contributed by atoms with Gasteiger partial charge in [0.15, 0.2) is 0 Å². The van der Waals surface area contributed by atoms with E-state index < -0.39 is 11.7 Å². The van der Waals surface area contributed by atoms with Crippen LogP contribution in [0.5, 0.6) is 11.5 Å². The number of hydrogen-bond acceptors (Lipinski definition) is 4. The van der Waals surface area contributed by atoms with E-state index >= 15 is 0 Å². The number of halogens is 3. The normalized spacial score (nSPS) is 14.1. The van der Waals surface area contributed by atoms with Crippen molar-refractivity contribution in [3.05, 3.63) is 72.2 Å². The molecular weight excluding hydrogens is 407 g/mol. The maximum absolute atomic E-state index is 12.7. The molecule has 0 atom stereocenters. The number of anilines is 2. The number of ether oxygens (including phenoxy) is 1. The summed E-state index contributed by atoms with van der Waals surface area (Å²) in [7, 11) is 0. The second kappa shape index (κ2) is 8.37. The number of aromatic nitrogens is 2. The molecule has 0 N–H and O–H groups in total. The summed E-state index contributed by atoms with van der Waals surface area (Å²) in [6, 6.07) is 12.9. The van der Waals surface area contributed by atoms with Crippen molar-refractivity contribution in [1.82, 2.24) is 9.97 Å². The van der Waals surface area contributed by atoms with Gasteiger partial charge in [0, 0.05) is 19.0 Å². The third-order valence-corrected chi connectivity index (χ3v) is 5.19. The summed E-state index contributed by atoms with van der Waals surface area (Å²) < 4.78 is 43.7. The zero-order valence-electron chi connectivity index (χ0n) is 16.8. The molecule has 0 aliphatic heterocycles. The summed E-state index contributed by atoms with van der Waals surface area (Å²) in [6.07, 6.45) is 0.540. The van der Waals surface area contributed by atoms with Gasteiger partial charge in [0.2, 0.25) is 5.91 Å². The molecular formula is C23H20F3N3O2. The van der Waals surface area contributed by atoms with Crippen LogP contribution in [-0.2, 0) is 11.0 Å². The lowest BCUT2D eigenvalue weighted by atomic mass is 9.85. The van der Waals surface area contributed by atoms with Crippen LogP contribution in [0.15, 0.2) is 60.8 Å². The maximum Gasteiger partial charge on any atom is 0.416 e. The summed E-state index contributed by atoms with van der Waals surface area (Å²) in [5, 5.41) is 0. The van der Waals surface area contributed by atoms with E-state index in [1.165, 1.54) is 24.0 Å². The average molecular weight is 427 g/mol. The monoisotopic (exact) mass is 427 g/mol. The lowest BCUT2D eigenvalue weighted by Gasteiger charge is -2.26. The Morgan fingerprint density at radius 2 is 1.61 bits per heavy atom. The topological polar surface area (TPSA) is 55.3 Å². The molecule has 0 radical (unpaired) electrons. The van der Waals surface area contributed by atoms with Crippen LogP contribution in [0.4, 0.5) is 24.7 Å². The highest BCUT2D eigenvalue weighted by atomic mass is 19.4. The van der Waals surface area contributed by atoms with Crippen molar-refractivity contribution in [1.29, 1.82) is 0 Å². The summed E-state index contributed by atoms with van der Waals surface area (Å²) >= 11 is 0. The molecule has 2 aromatic carbocycles. The molecule has 31 heavy (non-hydrogen) atoms. The van der Waals surface area contributed by atoms with Crippen molar-refractivity contribution in [2.24, 2.45) is 0 Å². The molecule has 1 amide bonds. The summed E-state index contributed by atoms with van der Waals surface area (Å²) in [5.74, 6) is 2.11. The largest absolute Gasteiger partial charge is 0.457 e. The van der Waals surface area contributed by atoms with E-state index in [1.54, 1.807) is 36.5 Å². The number of nitrogens with zero attached hydrogens (tertiary/aromatic N) is 3. The third-order valence-electron chi connectivity index (χ3n) is 5.19. The van der Waals surface area contributed by atoms with E-state index in [0.717, 1.165) is 37.2 Å². The minimum absolute atomic E-state index is 0.199. The summed E-state index contributed by atoms with van der Waals surface area (Å²) in [6.45, 7) is 1.46. The van der Waals surface area contributed by atoms with Crippen molar-refractivity contribution >= 4 is 17.4 Å². The van der Waals surface area contributed by atoms with Gasteiger partial charge in [0.25, 0.3) is 0 Å². The van der Waals surface area contributed by atoms with Crippen LogP contribution >= 0.6 is 0 Å². The predicted molar refractivity (Wildman–Crippen MR) is 109 cm³/mol. The predicted octanol–water partition coefficient (Wildman–Crippen LogP) is 6.24. The first-order chi connectivity index (χ1) is 14.8. The van der Waals surface area contributed by atoms with Gasteiger partial charge in [-0.2, -0.15) is 13.2 Å². The molecule has 5 nitrogen and oxygen atoms in total. The Labute approximate surface area is 177 Å². The molecule has 1 aliphatic carbocycles. The maximum atomic E-state index is 12.7. The molecule has 1 fully saturated rings. The smallest absolute Gasteiger partial charge is 0.416 e. The Kier molecular flexibility index (Phi) is 5.63. The number of alkyl halides is 3. The van der Waals surface area contributed by atoms with Crippen LogP contribution < -0.4 is 9.64 Å². The quantitative estimate of drug-likeness (QED) is 0.484. The van der Waals surface area contributed by atoms with Crippen molar-refractivity contribution < 1.29 is 22.7 Å². The van der Waals surface area contributed by atoms with Gasteiger partial charge in [-0.15, -0.1) is 0 Å². The first-order valence-corrected chi connectivity index (χ1v) is 9.90. The molecule has 0 unspecified atom stereocenters. The van der Waals surface area contributed by atoms with Gasteiger partial charge in [0.05, 0.1) is 11.3 Å². The standard InChI is InChI=1S/C23H20F3N3O2/c1-15(30)29(21-13-14-27-22(28-21)16-3-2-4-16)18-7-11-20(12-8-18)31-19-9-5-17(6-10-19)23(24,25)26/h5-14,16H,2-4H2,1H3. The fourth-order valence-corrected chi connectivity index (χ4v) is 3.34. The van der Waals surface area contributed by atoms with Crippen molar-refractivity contribution in [2.45, 2.75) is 38.3 Å². The van der Waals surface area contributed by atoms with Gasteiger partial charge in [0.1, 0.15) is 23.1 Å². The minimum Gasteiger partial charge on any atom is -0.457 e. The number of carbonyl (C=O) groups excluding carboxylic acids is 1. The molecule has 8 heteroatoms.